The first kappa shape index (κ1) is 13.9. The molecule has 0 radical (unpaired) electrons. The van der Waals surface area contributed by atoms with Crippen molar-refractivity contribution in [3.05, 3.63) is 68.5 Å². The number of aromatic amines is 1. The van der Waals surface area contributed by atoms with Gasteiger partial charge in [0.25, 0.3) is 5.56 Å². The highest BCUT2D eigenvalue weighted by atomic mass is 16.5. The number of hydrogen-bond acceptors (Lipinski definition) is 3. The Labute approximate surface area is 116 Å². The van der Waals surface area contributed by atoms with E-state index >= 15 is 0 Å². The monoisotopic (exact) mass is 272 g/mol. The minimum Gasteiger partial charge on any atom is -0.497 e. The molecule has 5 heteroatoms. The maximum atomic E-state index is 11.8. The van der Waals surface area contributed by atoms with Gasteiger partial charge in [-0.1, -0.05) is 24.3 Å². The summed E-state index contributed by atoms with van der Waals surface area (Å²) in [5, 5.41) is 0. The zero-order chi connectivity index (χ0) is 14.5. The van der Waals surface area contributed by atoms with Crippen molar-refractivity contribution in [1.29, 1.82) is 0 Å². The van der Waals surface area contributed by atoms with Crippen LogP contribution in [-0.2, 0) is 6.54 Å². The molecule has 0 bridgehead atoms. The first-order valence-electron chi connectivity index (χ1n) is 6.23. The number of rotatable bonds is 4. The number of aromatic nitrogens is 2. The molecule has 1 N–H and O–H groups in total. The summed E-state index contributed by atoms with van der Waals surface area (Å²) in [5.41, 5.74) is 0.616. The molecule has 5 nitrogen and oxygen atoms in total. The van der Waals surface area contributed by atoms with Crippen molar-refractivity contribution >= 4 is 6.08 Å². The first-order valence-corrected chi connectivity index (χ1v) is 6.23. The second kappa shape index (κ2) is 6.06. The van der Waals surface area contributed by atoms with Gasteiger partial charge in [-0.05, 0) is 24.6 Å². The van der Waals surface area contributed by atoms with Gasteiger partial charge < -0.3 is 4.74 Å². The lowest BCUT2D eigenvalue weighted by molar-refractivity contribution is 0.414. The summed E-state index contributed by atoms with van der Waals surface area (Å²) < 4.78 is 6.56. The predicted octanol–water partition coefficient (Wildman–Crippen LogP) is 1.63. The number of allylic oxidation sites excluding steroid dienone is 1. The molecule has 0 spiro atoms. The summed E-state index contributed by atoms with van der Waals surface area (Å²) in [6, 6.07) is 7.43. The van der Waals surface area contributed by atoms with Crippen molar-refractivity contribution in [2.24, 2.45) is 0 Å². The molecule has 0 saturated carbocycles. The number of ether oxygens (including phenoxy) is 1. The van der Waals surface area contributed by atoms with Crippen LogP contribution < -0.4 is 16.0 Å². The lowest BCUT2D eigenvalue weighted by atomic mass is 10.2. The van der Waals surface area contributed by atoms with Crippen molar-refractivity contribution in [1.82, 2.24) is 9.55 Å². The molecule has 0 aliphatic rings. The van der Waals surface area contributed by atoms with E-state index in [0.29, 0.717) is 12.1 Å². The predicted molar refractivity (Wildman–Crippen MR) is 78.1 cm³/mol. The Kier molecular flexibility index (Phi) is 4.20. The van der Waals surface area contributed by atoms with Crippen LogP contribution in [0.3, 0.4) is 0 Å². The highest BCUT2D eigenvalue weighted by molar-refractivity contribution is 5.45. The normalized spacial score (nSPS) is 10.9. The van der Waals surface area contributed by atoms with Gasteiger partial charge in [0.15, 0.2) is 0 Å². The zero-order valence-corrected chi connectivity index (χ0v) is 11.4. The van der Waals surface area contributed by atoms with Crippen molar-refractivity contribution in [2.75, 3.05) is 7.11 Å². The third-order valence-electron chi connectivity index (χ3n) is 2.90. The summed E-state index contributed by atoms with van der Waals surface area (Å²) in [6.07, 6.45) is 4.99. The van der Waals surface area contributed by atoms with Gasteiger partial charge >= 0.3 is 5.69 Å². The van der Waals surface area contributed by atoms with E-state index in [-0.39, 0.29) is 5.56 Å². The topological polar surface area (TPSA) is 64.1 Å². The molecule has 1 aromatic heterocycles. The Morgan fingerprint density at radius 2 is 1.95 bits per heavy atom. The first-order chi connectivity index (χ1) is 9.63. The maximum absolute atomic E-state index is 11.8. The Balaban J connectivity index is 2.34. The fraction of sp³-hybridized carbons (Fsp3) is 0.200. The standard InChI is InChI=1S/C15H16N2O3/c1-3-4-12-10-17(15(19)16-14(12)18)9-11-5-7-13(20-2)8-6-11/h3-8,10H,9H2,1-2H3,(H,16,18,19)/b4-3+. The Morgan fingerprint density at radius 1 is 1.25 bits per heavy atom. The Bertz CT molecular complexity index is 724. The summed E-state index contributed by atoms with van der Waals surface area (Å²) in [4.78, 5) is 25.7. The van der Waals surface area contributed by atoms with E-state index in [9.17, 15) is 9.59 Å². The molecule has 1 aromatic carbocycles. The molecule has 104 valence electrons. The number of nitrogens with zero attached hydrogens (tertiary/aromatic N) is 1. The number of hydrogen-bond donors (Lipinski definition) is 1. The van der Waals surface area contributed by atoms with Crippen LogP contribution in [0.15, 0.2) is 46.1 Å². The third-order valence-corrected chi connectivity index (χ3v) is 2.90. The van der Waals surface area contributed by atoms with Crippen LogP contribution in [-0.4, -0.2) is 16.7 Å². The third kappa shape index (κ3) is 3.06. The number of methoxy groups -OCH3 is 1. The Morgan fingerprint density at radius 3 is 2.55 bits per heavy atom. The molecule has 2 rings (SSSR count). The number of H-pyrrole nitrogens is 1. The summed E-state index contributed by atoms with van der Waals surface area (Å²) in [7, 11) is 1.60. The van der Waals surface area contributed by atoms with Crippen molar-refractivity contribution in [2.45, 2.75) is 13.5 Å². The van der Waals surface area contributed by atoms with Gasteiger partial charge in [-0.25, -0.2) is 4.79 Å². The molecule has 0 saturated heterocycles. The summed E-state index contributed by atoms with van der Waals surface area (Å²) in [5.74, 6) is 0.761. The van der Waals surface area contributed by atoms with Crippen LogP contribution in [0.4, 0.5) is 0 Å². The van der Waals surface area contributed by atoms with Crippen molar-refractivity contribution in [3.8, 4) is 5.75 Å². The fourth-order valence-electron chi connectivity index (χ4n) is 1.87. The van der Waals surface area contributed by atoms with E-state index in [1.54, 1.807) is 25.5 Å². The van der Waals surface area contributed by atoms with E-state index in [0.717, 1.165) is 11.3 Å². The highest BCUT2D eigenvalue weighted by Gasteiger charge is 2.03. The molecule has 0 amide bonds. The summed E-state index contributed by atoms with van der Waals surface area (Å²) >= 11 is 0. The van der Waals surface area contributed by atoms with Gasteiger partial charge in [0.2, 0.25) is 0 Å². The molecule has 0 fully saturated rings. The van der Waals surface area contributed by atoms with E-state index in [1.807, 2.05) is 31.2 Å². The lowest BCUT2D eigenvalue weighted by Gasteiger charge is -2.07. The molecule has 1 heterocycles. The summed E-state index contributed by atoms with van der Waals surface area (Å²) in [6.45, 7) is 2.21. The zero-order valence-electron chi connectivity index (χ0n) is 11.4. The molecule has 2 aromatic rings. The molecule has 0 aliphatic heterocycles. The smallest absolute Gasteiger partial charge is 0.328 e. The van der Waals surface area contributed by atoms with Crippen LogP contribution in [0.5, 0.6) is 5.75 Å². The molecule has 20 heavy (non-hydrogen) atoms. The van der Waals surface area contributed by atoms with Gasteiger partial charge in [-0.2, -0.15) is 0 Å². The Hall–Kier alpha value is -2.56. The maximum Gasteiger partial charge on any atom is 0.328 e. The molecular formula is C15H16N2O3. The van der Waals surface area contributed by atoms with Crippen LogP contribution in [0.25, 0.3) is 6.08 Å². The van der Waals surface area contributed by atoms with Crippen molar-refractivity contribution < 1.29 is 4.74 Å². The molecular weight excluding hydrogens is 256 g/mol. The van der Waals surface area contributed by atoms with Crippen LogP contribution in [0, 0.1) is 0 Å². The highest BCUT2D eigenvalue weighted by Crippen LogP contribution is 2.11. The van der Waals surface area contributed by atoms with E-state index in [1.165, 1.54) is 4.57 Å². The van der Waals surface area contributed by atoms with Crippen LogP contribution >= 0.6 is 0 Å². The fourth-order valence-corrected chi connectivity index (χ4v) is 1.87. The van der Waals surface area contributed by atoms with Crippen LogP contribution in [0.1, 0.15) is 18.1 Å². The second-order valence-electron chi connectivity index (χ2n) is 4.32. The van der Waals surface area contributed by atoms with Gasteiger partial charge in [0, 0.05) is 6.20 Å². The van der Waals surface area contributed by atoms with E-state index in [4.69, 9.17) is 4.74 Å². The number of benzene rings is 1. The van der Waals surface area contributed by atoms with E-state index in [2.05, 4.69) is 4.98 Å². The second-order valence-corrected chi connectivity index (χ2v) is 4.32. The van der Waals surface area contributed by atoms with Crippen LogP contribution in [0.2, 0.25) is 0 Å². The minimum absolute atomic E-state index is 0.376. The molecule has 0 atom stereocenters. The largest absolute Gasteiger partial charge is 0.497 e. The average molecular weight is 272 g/mol. The lowest BCUT2D eigenvalue weighted by Crippen LogP contribution is -2.31. The average Bonchev–Trinajstić information content (AvgIpc) is 2.45. The number of nitrogens with one attached hydrogen (secondary N) is 1. The molecule has 0 aliphatic carbocycles. The molecule has 0 unspecified atom stereocenters. The van der Waals surface area contributed by atoms with Gasteiger partial charge in [0.05, 0.1) is 19.2 Å². The van der Waals surface area contributed by atoms with Crippen molar-refractivity contribution in [3.63, 3.8) is 0 Å². The SMILES string of the molecule is C/C=C/c1cn(Cc2ccc(OC)cc2)c(=O)[nH]c1=O. The minimum atomic E-state index is -0.418. The van der Waals surface area contributed by atoms with Gasteiger partial charge in [-0.15, -0.1) is 0 Å². The van der Waals surface area contributed by atoms with Gasteiger partial charge in [0.1, 0.15) is 5.75 Å². The van der Waals surface area contributed by atoms with E-state index < -0.39 is 5.69 Å². The quantitative estimate of drug-likeness (QED) is 0.920. The van der Waals surface area contributed by atoms with Gasteiger partial charge in [-0.3, -0.25) is 14.3 Å².